The van der Waals surface area contributed by atoms with Gasteiger partial charge in [0.1, 0.15) is 5.75 Å². The highest BCUT2D eigenvalue weighted by atomic mass is 16.5. The van der Waals surface area contributed by atoms with E-state index < -0.39 is 0 Å². The first-order chi connectivity index (χ1) is 9.85. The molecule has 0 radical (unpaired) electrons. The first-order valence-corrected chi connectivity index (χ1v) is 7.76. The summed E-state index contributed by atoms with van der Waals surface area (Å²) in [5.41, 5.74) is 2.33. The average molecular weight is 291 g/mol. The average Bonchev–Trinajstić information content (AvgIpc) is 2.42. The van der Waals surface area contributed by atoms with Crippen molar-refractivity contribution in [2.24, 2.45) is 11.8 Å². The summed E-state index contributed by atoms with van der Waals surface area (Å²) in [5.74, 6) is 2.17. The Hall–Kier alpha value is -1.51. The van der Waals surface area contributed by atoms with E-state index in [1.54, 1.807) is 7.11 Å². The minimum atomic E-state index is 0.135. The zero-order valence-electron chi connectivity index (χ0n) is 14.2. The molecule has 0 aromatic heterocycles. The Kier molecular flexibility index (Phi) is 6.73. The van der Waals surface area contributed by atoms with Crippen molar-refractivity contribution in [2.75, 3.05) is 13.7 Å². The van der Waals surface area contributed by atoms with Gasteiger partial charge in [0.25, 0.3) is 0 Å². The van der Waals surface area contributed by atoms with Crippen LogP contribution in [-0.2, 0) is 4.79 Å². The van der Waals surface area contributed by atoms with Crippen LogP contribution in [0.1, 0.15) is 51.2 Å². The lowest BCUT2D eigenvalue weighted by molar-refractivity contribution is -0.121. The predicted octanol–water partition coefficient (Wildman–Crippen LogP) is 3.91. The summed E-state index contributed by atoms with van der Waals surface area (Å²) in [7, 11) is 1.68. The van der Waals surface area contributed by atoms with Crippen LogP contribution in [0.2, 0.25) is 0 Å². The maximum absolute atomic E-state index is 12.1. The van der Waals surface area contributed by atoms with Gasteiger partial charge in [-0.25, -0.2) is 0 Å². The van der Waals surface area contributed by atoms with E-state index in [1.165, 1.54) is 5.56 Å². The number of amides is 1. The molecule has 1 N–H and O–H groups in total. The largest absolute Gasteiger partial charge is 0.496 e. The number of aryl methyl sites for hydroxylation is 1. The molecule has 0 aliphatic heterocycles. The van der Waals surface area contributed by atoms with Crippen LogP contribution in [-0.4, -0.2) is 19.6 Å². The van der Waals surface area contributed by atoms with Crippen LogP contribution in [0.15, 0.2) is 18.2 Å². The van der Waals surface area contributed by atoms with E-state index >= 15 is 0 Å². The number of carbonyl (C=O) groups excluding carboxylic acids is 1. The summed E-state index contributed by atoms with van der Waals surface area (Å²) in [6.45, 7) is 11.3. The van der Waals surface area contributed by atoms with E-state index in [4.69, 9.17) is 4.74 Å². The van der Waals surface area contributed by atoms with Crippen molar-refractivity contribution in [2.45, 2.75) is 47.0 Å². The van der Waals surface area contributed by atoms with Crippen molar-refractivity contribution in [3.8, 4) is 5.75 Å². The van der Waals surface area contributed by atoms with Crippen LogP contribution in [0.4, 0.5) is 0 Å². The van der Waals surface area contributed by atoms with Gasteiger partial charge in [0, 0.05) is 13.0 Å². The van der Waals surface area contributed by atoms with Crippen LogP contribution in [0.25, 0.3) is 0 Å². The lowest BCUT2D eigenvalue weighted by atomic mass is 9.85. The second-order valence-corrected chi connectivity index (χ2v) is 6.48. The predicted molar refractivity (Wildman–Crippen MR) is 87.8 cm³/mol. The highest BCUT2D eigenvalue weighted by Gasteiger charge is 2.20. The molecule has 1 amide bonds. The fraction of sp³-hybridized carbons (Fsp3) is 0.611. The first-order valence-electron chi connectivity index (χ1n) is 7.76. The third-order valence-electron chi connectivity index (χ3n) is 3.76. The lowest BCUT2D eigenvalue weighted by Crippen LogP contribution is -2.29. The Morgan fingerprint density at radius 2 is 1.90 bits per heavy atom. The molecule has 1 atom stereocenters. The molecule has 0 aliphatic rings. The molecule has 1 aromatic carbocycles. The van der Waals surface area contributed by atoms with Gasteiger partial charge in [-0.05, 0) is 41.9 Å². The fourth-order valence-corrected chi connectivity index (χ4v) is 2.46. The number of rotatable bonds is 7. The van der Waals surface area contributed by atoms with Crippen molar-refractivity contribution in [1.29, 1.82) is 0 Å². The van der Waals surface area contributed by atoms with Gasteiger partial charge in [0.2, 0.25) is 5.91 Å². The molecule has 1 aromatic rings. The van der Waals surface area contributed by atoms with E-state index in [2.05, 4.69) is 45.1 Å². The number of hydrogen-bond donors (Lipinski definition) is 1. The molecule has 0 saturated carbocycles. The smallest absolute Gasteiger partial charge is 0.220 e. The molecule has 0 heterocycles. The number of hydrogen-bond acceptors (Lipinski definition) is 2. The molecule has 118 valence electrons. The molecule has 21 heavy (non-hydrogen) atoms. The Morgan fingerprint density at radius 3 is 2.38 bits per heavy atom. The standard InChI is InChI=1S/C18H29NO2/c1-12(2)11-19-18(20)10-16(13(3)4)15-7-8-17(21-6)14(5)9-15/h7-9,12-13,16H,10-11H2,1-6H3,(H,19,20). The molecule has 0 fully saturated rings. The Morgan fingerprint density at radius 1 is 1.24 bits per heavy atom. The maximum atomic E-state index is 12.1. The Bertz CT molecular complexity index is 466. The molecule has 3 heteroatoms. The van der Waals surface area contributed by atoms with Crippen molar-refractivity contribution >= 4 is 5.91 Å². The van der Waals surface area contributed by atoms with E-state index in [1.807, 2.05) is 13.0 Å². The van der Waals surface area contributed by atoms with Gasteiger partial charge < -0.3 is 10.1 Å². The molecule has 1 unspecified atom stereocenters. The molecule has 1 rings (SSSR count). The molecule has 0 aliphatic carbocycles. The quantitative estimate of drug-likeness (QED) is 0.827. The van der Waals surface area contributed by atoms with Crippen LogP contribution >= 0.6 is 0 Å². The second kappa shape index (κ2) is 8.06. The van der Waals surface area contributed by atoms with Crippen LogP contribution in [0, 0.1) is 18.8 Å². The number of benzene rings is 1. The zero-order chi connectivity index (χ0) is 16.0. The normalized spacial score (nSPS) is 12.6. The van der Waals surface area contributed by atoms with Gasteiger partial charge >= 0.3 is 0 Å². The number of methoxy groups -OCH3 is 1. The van der Waals surface area contributed by atoms with E-state index in [9.17, 15) is 4.79 Å². The number of nitrogens with one attached hydrogen (secondary N) is 1. The topological polar surface area (TPSA) is 38.3 Å². The van der Waals surface area contributed by atoms with Crippen LogP contribution < -0.4 is 10.1 Å². The van der Waals surface area contributed by atoms with Gasteiger partial charge in [0.05, 0.1) is 7.11 Å². The molecule has 0 saturated heterocycles. The molecular weight excluding hydrogens is 262 g/mol. The summed E-state index contributed by atoms with van der Waals surface area (Å²) in [6.07, 6.45) is 0.538. The third-order valence-corrected chi connectivity index (χ3v) is 3.76. The third kappa shape index (κ3) is 5.41. The summed E-state index contributed by atoms with van der Waals surface area (Å²) in [6, 6.07) is 6.21. The molecule has 3 nitrogen and oxygen atoms in total. The Balaban J connectivity index is 2.82. The van der Waals surface area contributed by atoms with Gasteiger partial charge in [-0.2, -0.15) is 0 Å². The summed E-state index contributed by atoms with van der Waals surface area (Å²) in [4.78, 5) is 12.1. The van der Waals surface area contributed by atoms with Crippen molar-refractivity contribution < 1.29 is 9.53 Å². The Labute approximate surface area is 129 Å². The maximum Gasteiger partial charge on any atom is 0.220 e. The minimum absolute atomic E-state index is 0.135. The van der Waals surface area contributed by atoms with Crippen LogP contribution in [0.3, 0.4) is 0 Å². The van der Waals surface area contributed by atoms with Gasteiger partial charge in [-0.3, -0.25) is 4.79 Å². The zero-order valence-corrected chi connectivity index (χ0v) is 14.2. The van der Waals surface area contributed by atoms with Gasteiger partial charge in [-0.1, -0.05) is 39.8 Å². The highest BCUT2D eigenvalue weighted by Crippen LogP contribution is 2.31. The SMILES string of the molecule is COc1ccc(C(CC(=O)NCC(C)C)C(C)C)cc1C. The van der Waals surface area contributed by atoms with E-state index in [0.717, 1.165) is 17.9 Å². The van der Waals surface area contributed by atoms with Crippen molar-refractivity contribution in [3.63, 3.8) is 0 Å². The van der Waals surface area contributed by atoms with Crippen molar-refractivity contribution in [3.05, 3.63) is 29.3 Å². The van der Waals surface area contributed by atoms with Crippen molar-refractivity contribution in [1.82, 2.24) is 5.32 Å². The summed E-state index contributed by atoms with van der Waals surface area (Å²) < 4.78 is 5.31. The monoisotopic (exact) mass is 291 g/mol. The van der Waals surface area contributed by atoms with E-state index in [0.29, 0.717) is 18.3 Å². The van der Waals surface area contributed by atoms with E-state index in [-0.39, 0.29) is 11.8 Å². The fourth-order valence-electron chi connectivity index (χ4n) is 2.46. The second-order valence-electron chi connectivity index (χ2n) is 6.48. The molecular formula is C18H29NO2. The molecule has 0 spiro atoms. The number of ether oxygens (including phenoxy) is 1. The summed E-state index contributed by atoms with van der Waals surface area (Å²) >= 11 is 0. The minimum Gasteiger partial charge on any atom is -0.496 e. The summed E-state index contributed by atoms with van der Waals surface area (Å²) in [5, 5.41) is 3.01. The van der Waals surface area contributed by atoms with Crippen LogP contribution in [0.5, 0.6) is 5.75 Å². The highest BCUT2D eigenvalue weighted by molar-refractivity contribution is 5.77. The lowest BCUT2D eigenvalue weighted by Gasteiger charge is -2.22. The van der Waals surface area contributed by atoms with Gasteiger partial charge in [0.15, 0.2) is 0 Å². The van der Waals surface area contributed by atoms with Gasteiger partial charge in [-0.15, -0.1) is 0 Å². The first kappa shape index (κ1) is 17.5. The number of carbonyl (C=O) groups is 1. The molecule has 0 bridgehead atoms.